The van der Waals surface area contributed by atoms with E-state index in [9.17, 15) is 9.59 Å². The van der Waals surface area contributed by atoms with E-state index in [0.29, 0.717) is 17.0 Å². The molecule has 0 radical (unpaired) electrons. The predicted molar refractivity (Wildman–Crippen MR) is 81.7 cm³/mol. The Hall–Kier alpha value is -2.95. The Bertz CT molecular complexity index is 846. The average Bonchev–Trinajstić information content (AvgIpc) is 3.04. The van der Waals surface area contributed by atoms with Crippen molar-refractivity contribution in [3.8, 4) is 11.5 Å². The van der Waals surface area contributed by atoms with Crippen LogP contribution in [0.15, 0.2) is 64.0 Å². The van der Waals surface area contributed by atoms with Crippen LogP contribution < -0.4 is 5.56 Å². The van der Waals surface area contributed by atoms with Gasteiger partial charge in [0.2, 0.25) is 0 Å². The fourth-order valence-electron chi connectivity index (χ4n) is 2.08. The Morgan fingerprint density at radius 1 is 1.14 bits per heavy atom. The normalized spacial score (nSPS) is 10.6. The highest BCUT2D eigenvalue weighted by Crippen LogP contribution is 2.15. The van der Waals surface area contributed by atoms with Crippen molar-refractivity contribution in [3.05, 3.63) is 76.3 Å². The van der Waals surface area contributed by atoms with Crippen molar-refractivity contribution in [1.82, 2.24) is 9.78 Å². The summed E-state index contributed by atoms with van der Waals surface area (Å²) in [6, 6.07) is 13.7. The zero-order chi connectivity index (χ0) is 15.5. The Labute approximate surface area is 126 Å². The minimum Gasteiger partial charge on any atom is -0.463 e. The molecule has 2 aromatic heterocycles. The molecule has 3 aromatic rings. The molecule has 0 aliphatic rings. The minimum absolute atomic E-state index is 0.101. The second-order valence-corrected chi connectivity index (χ2v) is 4.98. The number of carbonyl (C=O) groups is 1. The number of carbonyl (C=O) groups excluding carboxylic acids is 1. The molecular formula is C17H14N2O3. The van der Waals surface area contributed by atoms with Gasteiger partial charge in [-0.15, -0.1) is 0 Å². The molecule has 110 valence electrons. The predicted octanol–water partition coefficient (Wildman–Crippen LogP) is 2.69. The average molecular weight is 294 g/mol. The number of hydrogen-bond acceptors (Lipinski definition) is 4. The molecule has 0 atom stereocenters. The Balaban J connectivity index is 1.88. The van der Waals surface area contributed by atoms with E-state index in [4.69, 9.17) is 4.42 Å². The lowest BCUT2D eigenvalue weighted by Crippen LogP contribution is -2.26. The van der Waals surface area contributed by atoms with Crippen LogP contribution in [0.3, 0.4) is 0 Å². The summed E-state index contributed by atoms with van der Waals surface area (Å²) >= 11 is 0. The first-order valence-electron chi connectivity index (χ1n) is 6.85. The monoisotopic (exact) mass is 294 g/mol. The SMILES string of the molecule is Cc1ccc(C(=O)Cn2nc(-c3ccco3)ccc2=O)cc1. The highest BCUT2D eigenvalue weighted by molar-refractivity contribution is 5.95. The van der Waals surface area contributed by atoms with Gasteiger partial charge in [-0.3, -0.25) is 9.59 Å². The fraction of sp³-hybridized carbons (Fsp3) is 0.118. The van der Waals surface area contributed by atoms with Crippen molar-refractivity contribution in [1.29, 1.82) is 0 Å². The highest BCUT2D eigenvalue weighted by Gasteiger charge is 2.11. The van der Waals surface area contributed by atoms with Crippen LogP contribution in [0.4, 0.5) is 0 Å². The van der Waals surface area contributed by atoms with E-state index in [1.54, 1.807) is 30.3 Å². The number of benzene rings is 1. The Morgan fingerprint density at radius 2 is 1.91 bits per heavy atom. The minimum atomic E-state index is -0.323. The molecule has 0 unspecified atom stereocenters. The molecule has 3 rings (SSSR count). The summed E-state index contributed by atoms with van der Waals surface area (Å²) in [6.45, 7) is 1.85. The first kappa shape index (κ1) is 14.0. The summed E-state index contributed by atoms with van der Waals surface area (Å²) in [5, 5.41) is 4.19. The fourth-order valence-corrected chi connectivity index (χ4v) is 2.08. The van der Waals surface area contributed by atoms with Gasteiger partial charge in [0.1, 0.15) is 12.2 Å². The van der Waals surface area contributed by atoms with Crippen molar-refractivity contribution in [2.45, 2.75) is 13.5 Å². The number of hydrogen-bond donors (Lipinski definition) is 0. The van der Waals surface area contributed by atoms with Gasteiger partial charge in [0, 0.05) is 11.6 Å². The van der Waals surface area contributed by atoms with Crippen LogP contribution in [0.5, 0.6) is 0 Å². The zero-order valence-corrected chi connectivity index (χ0v) is 12.0. The van der Waals surface area contributed by atoms with Crippen LogP contribution in [0.25, 0.3) is 11.5 Å². The van der Waals surface area contributed by atoms with Crippen LogP contribution in [0, 0.1) is 6.92 Å². The molecule has 0 aliphatic heterocycles. The third-order valence-corrected chi connectivity index (χ3v) is 3.31. The van der Waals surface area contributed by atoms with Gasteiger partial charge in [-0.05, 0) is 25.1 Å². The van der Waals surface area contributed by atoms with E-state index in [2.05, 4.69) is 5.10 Å². The number of aromatic nitrogens is 2. The van der Waals surface area contributed by atoms with Crippen LogP contribution in [0.2, 0.25) is 0 Å². The number of Topliss-reactive ketones (excluding diaryl/α,β-unsaturated/α-hetero) is 1. The lowest BCUT2D eigenvalue weighted by molar-refractivity contribution is 0.0966. The summed E-state index contributed by atoms with van der Waals surface area (Å²) < 4.78 is 6.41. The van der Waals surface area contributed by atoms with Crippen molar-refractivity contribution >= 4 is 5.78 Å². The van der Waals surface area contributed by atoms with E-state index in [1.807, 2.05) is 19.1 Å². The quantitative estimate of drug-likeness (QED) is 0.694. The molecule has 0 aliphatic carbocycles. The van der Waals surface area contributed by atoms with Gasteiger partial charge in [0.15, 0.2) is 11.5 Å². The summed E-state index contributed by atoms with van der Waals surface area (Å²) in [5.41, 5.74) is 1.83. The van der Waals surface area contributed by atoms with Gasteiger partial charge in [0.25, 0.3) is 5.56 Å². The van der Waals surface area contributed by atoms with E-state index >= 15 is 0 Å². The van der Waals surface area contributed by atoms with Gasteiger partial charge in [-0.25, -0.2) is 4.68 Å². The maximum absolute atomic E-state index is 12.3. The largest absolute Gasteiger partial charge is 0.463 e. The van der Waals surface area contributed by atoms with Crippen LogP contribution >= 0.6 is 0 Å². The molecule has 0 spiro atoms. The third kappa shape index (κ3) is 2.88. The molecule has 2 heterocycles. The molecule has 5 heteroatoms. The topological polar surface area (TPSA) is 65.1 Å². The van der Waals surface area contributed by atoms with E-state index in [-0.39, 0.29) is 17.9 Å². The summed E-state index contributed by atoms with van der Waals surface area (Å²) in [5.74, 6) is 0.391. The summed E-state index contributed by atoms with van der Waals surface area (Å²) in [6.07, 6.45) is 1.53. The van der Waals surface area contributed by atoms with Crippen molar-refractivity contribution in [3.63, 3.8) is 0 Å². The zero-order valence-electron chi connectivity index (χ0n) is 12.0. The van der Waals surface area contributed by atoms with E-state index < -0.39 is 0 Å². The van der Waals surface area contributed by atoms with Gasteiger partial charge in [-0.1, -0.05) is 29.8 Å². The lowest BCUT2D eigenvalue weighted by atomic mass is 10.1. The molecule has 1 aromatic carbocycles. The van der Waals surface area contributed by atoms with Gasteiger partial charge < -0.3 is 4.42 Å². The number of ketones is 1. The lowest BCUT2D eigenvalue weighted by Gasteiger charge is -2.06. The highest BCUT2D eigenvalue weighted by atomic mass is 16.3. The molecule has 22 heavy (non-hydrogen) atoms. The number of nitrogens with zero attached hydrogens (tertiary/aromatic N) is 2. The smallest absolute Gasteiger partial charge is 0.267 e. The first-order valence-corrected chi connectivity index (χ1v) is 6.85. The molecule has 0 fully saturated rings. The van der Waals surface area contributed by atoms with Gasteiger partial charge in [-0.2, -0.15) is 5.10 Å². The maximum Gasteiger partial charge on any atom is 0.267 e. The molecule has 0 saturated carbocycles. The Morgan fingerprint density at radius 3 is 2.59 bits per heavy atom. The second-order valence-electron chi connectivity index (χ2n) is 4.98. The number of furan rings is 1. The molecule has 0 N–H and O–H groups in total. The molecule has 0 bridgehead atoms. The van der Waals surface area contributed by atoms with Gasteiger partial charge >= 0.3 is 0 Å². The first-order chi connectivity index (χ1) is 10.6. The number of rotatable bonds is 4. The standard InChI is InChI=1S/C17H14N2O3/c1-12-4-6-13(7-5-12)15(20)11-19-17(21)9-8-14(18-19)16-3-2-10-22-16/h2-10H,11H2,1H3. The molecular weight excluding hydrogens is 280 g/mol. The third-order valence-electron chi connectivity index (χ3n) is 3.31. The van der Waals surface area contributed by atoms with Crippen molar-refractivity contribution in [2.24, 2.45) is 0 Å². The van der Waals surface area contributed by atoms with Crippen LogP contribution in [0.1, 0.15) is 15.9 Å². The van der Waals surface area contributed by atoms with Crippen molar-refractivity contribution < 1.29 is 9.21 Å². The van der Waals surface area contributed by atoms with E-state index in [1.165, 1.54) is 12.3 Å². The van der Waals surface area contributed by atoms with Crippen molar-refractivity contribution in [2.75, 3.05) is 0 Å². The molecule has 5 nitrogen and oxygen atoms in total. The van der Waals surface area contributed by atoms with Gasteiger partial charge in [0.05, 0.1) is 6.26 Å². The van der Waals surface area contributed by atoms with Crippen LogP contribution in [-0.4, -0.2) is 15.6 Å². The molecule has 0 amide bonds. The maximum atomic E-state index is 12.3. The summed E-state index contributed by atoms with van der Waals surface area (Å²) in [4.78, 5) is 24.1. The molecule has 0 saturated heterocycles. The van der Waals surface area contributed by atoms with E-state index in [0.717, 1.165) is 10.2 Å². The Kier molecular flexibility index (Phi) is 3.70. The second kappa shape index (κ2) is 5.81. The summed E-state index contributed by atoms with van der Waals surface area (Å²) in [7, 11) is 0. The number of aryl methyl sites for hydroxylation is 1. The van der Waals surface area contributed by atoms with Crippen LogP contribution in [-0.2, 0) is 6.54 Å².